The first-order valence-corrected chi connectivity index (χ1v) is 7.48. The summed E-state index contributed by atoms with van der Waals surface area (Å²) in [6.45, 7) is 11.1. The van der Waals surface area contributed by atoms with Crippen molar-refractivity contribution in [1.82, 2.24) is 4.90 Å². The number of morpholine rings is 1. The van der Waals surface area contributed by atoms with Gasteiger partial charge in [-0.3, -0.25) is 9.69 Å². The van der Waals surface area contributed by atoms with Crippen LogP contribution in [0.4, 0.5) is 0 Å². The Morgan fingerprint density at radius 3 is 2.59 bits per heavy atom. The second-order valence-electron chi connectivity index (χ2n) is 5.38. The Hall–Kier alpha value is -0.0600. The highest BCUT2D eigenvalue weighted by Gasteiger charge is 2.18. The molecule has 0 aliphatic carbocycles. The SMILES string of the molecule is CCC(C)(C)CSC(=O)CCN1CCOCC1. The van der Waals surface area contributed by atoms with Gasteiger partial charge in [0.15, 0.2) is 5.12 Å². The summed E-state index contributed by atoms with van der Waals surface area (Å²) in [6.07, 6.45) is 1.79. The van der Waals surface area contributed by atoms with Crippen LogP contribution < -0.4 is 0 Å². The zero-order valence-electron chi connectivity index (χ0n) is 11.3. The Labute approximate surface area is 109 Å². The number of ether oxygens (including phenoxy) is 1. The predicted octanol–water partition coefficient (Wildman–Crippen LogP) is 2.40. The van der Waals surface area contributed by atoms with E-state index in [0.29, 0.717) is 11.5 Å². The van der Waals surface area contributed by atoms with Gasteiger partial charge in [0.2, 0.25) is 0 Å². The van der Waals surface area contributed by atoms with E-state index in [0.717, 1.165) is 45.0 Å². The van der Waals surface area contributed by atoms with Crippen molar-refractivity contribution >= 4 is 16.9 Å². The van der Waals surface area contributed by atoms with Crippen molar-refractivity contribution in [2.45, 2.75) is 33.6 Å². The lowest BCUT2D eigenvalue weighted by Gasteiger charge is -2.26. The van der Waals surface area contributed by atoms with Crippen LogP contribution in [0.25, 0.3) is 0 Å². The highest BCUT2D eigenvalue weighted by atomic mass is 32.2. The van der Waals surface area contributed by atoms with E-state index in [4.69, 9.17) is 4.74 Å². The quantitative estimate of drug-likeness (QED) is 0.732. The zero-order chi connectivity index (χ0) is 12.7. The topological polar surface area (TPSA) is 29.5 Å². The van der Waals surface area contributed by atoms with Crippen molar-refractivity contribution in [3.05, 3.63) is 0 Å². The molecule has 0 N–H and O–H groups in total. The summed E-state index contributed by atoms with van der Waals surface area (Å²) in [7, 11) is 0. The Morgan fingerprint density at radius 2 is 2.00 bits per heavy atom. The minimum Gasteiger partial charge on any atom is -0.379 e. The average Bonchev–Trinajstić information content (AvgIpc) is 2.35. The van der Waals surface area contributed by atoms with E-state index < -0.39 is 0 Å². The van der Waals surface area contributed by atoms with Crippen LogP contribution in [-0.4, -0.2) is 48.6 Å². The van der Waals surface area contributed by atoms with Crippen molar-refractivity contribution in [2.75, 3.05) is 38.6 Å². The van der Waals surface area contributed by atoms with Gasteiger partial charge in [0.25, 0.3) is 0 Å². The lowest BCUT2D eigenvalue weighted by Crippen LogP contribution is -2.37. The Morgan fingerprint density at radius 1 is 1.35 bits per heavy atom. The fraction of sp³-hybridized carbons (Fsp3) is 0.923. The molecule has 17 heavy (non-hydrogen) atoms. The summed E-state index contributed by atoms with van der Waals surface area (Å²) < 4.78 is 5.28. The lowest BCUT2D eigenvalue weighted by atomic mass is 9.93. The number of rotatable bonds is 6. The van der Waals surface area contributed by atoms with Crippen molar-refractivity contribution < 1.29 is 9.53 Å². The van der Waals surface area contributed by atoms with Crippen LogP contribution in [0, 0.1) is 5.41 Å². The van der Waals surface area contributed by atoms with Gasteiger partial charge in [-0.25, -0.2) is 0 Å². The molecule has 1 aliphatic heterocycles. The first-order chi connectivity index (χ1) is 8.03. The number of nitrogens with zero attached hydrogens (tertiary/aromatic N) is 1. The number of hydrogen-bond acceptors (Lipinski definition) is 4. The van der Waals surface area contributed by atoms with Gasteiger partial charge in [0, 0.05) is 31.8 Å². The van der Waals surface area contributed by atoms with Gasteiger partial charge in [-0.05, 0) is 5.41 Å². The van der Waals surface area contributed by atoms with Gasteiger partial charge in [0.1, 0.15) is 0 Å². The molecular formula is C13H25NO2S. The Bertz CT molecular complexity index is 238. The smallest absolute Gasteiger partial charge is 0.190 e. The van der Waals surface area contributed by atoms with Crippen LogP contribution in [0.15, 0.2) is 0 Å². The van der Waals surface area contributed by atoms with E-state index in [2.05, 4.69) is 25.7 Å². The van der Waals surface area contributed by atoms with Gasteiger partial charge in [-0.15, -0.1) is 0 Å². The molecule has 1 rings (SSSR count). The Balaban J connectivity index is 2.12. The maximum Gasteiger partial charge on any atom is 0.190 e. The molecule has 1 aliphatic rings. The van der Waals surface area contributed by atoms with Crippen LogP contribution in [0.3, 0.4) is 0 Å². The molecule has 0 aromatic carbocycles. The molecule has 1 fully saturated rings. The maximum atomic E-state index is 11.8. The van der Waals surface area contributed by atoms with E-state index in [9.17, 15) is 4.79 Å². The van der Waals surface area contributed by atoms with Crippen LogP contribution in [0.2, 0.25) is 0 Å². The highest BCUT2D eigenvalue weighted by Crippen LogP contribution is 2.26. The minimum absolute atomic E-state index is 0.277. The molecule has 0 bridgehead atoms. The summed E-state index contributed by atoms with van der Waals surface area (Å²) >= 11 is 1.50. The fourth-order valence-corrected chi connectivity index (χ4v) is 2.52. The molecule has 1 heterocycles. The van der Waals surface area contributed by atoms with Crippen LogP contribution in [-0.2, 0) is 9.53 Å². The molecule has 0 aromatic rings. The Kier molecular flexibility index (Phi) is 6.52. The minimum atomic E-state index is 0.277. The van der Waals surface area contributed by atoms with E-state index in [1.165, 1.54) is 11.8 Å². The van der Waals surface area contributed by atoms with E-state index in [1.54, 1.807) is 0 Å². The largest absolute Gasteiger partial charge is 0.379 e. The summed E-state index contributed by atoms with van der Waals surface area (Å²) in [5.74, 6) is 0.936. The summed E-state index contributed by atoms with van der Waals surface area (Å²) in [5.41, 5.74) is 0.277. The number of hydrogen-bond donors (Lipinski definition) is 0. The molecule has 0 spiro atoms. The van der Waals surface area contributed by atoms with Gasteiger partial charge < -0.3 is 4.74 Å². The second kappa shape index (κ2) is 7.39. The summed E-state index contributed by atoms with van der Waals surface area (Å²) in [6, 6.07) is 0. The van der Waals surface area contributed by atoms with E-state index >= 15 is 0 Å². The first kappa shape index (κ1) is 15.0. The second-order valence-corrected chi connectivity index (χ2v) is 6.42. The van der Waals surface area contributed by atoms with Gasteiger partial charge in [0.05, 0.1) is 13.2 Å². The molecule has 1 saturated heterocycles. The molecule has 0 atom stereocenters. The van der Waals surface area contributed by atoms with Gasteiger partial charge >= 0.3 is 0 Å². The van der Waals surface area contributed by atoms with Crippen molar-refractivity contribution in [3.63, 3.8) is 0 Å². The van der Waals surface area contributed by atoms with Crippen molar-refractivity contribution in [3.8, 4) is 0 Å². The van der Waals surface area contributed by atoms with Crippen LogP contribution in [0.1, 0.15) is 33.6 Å². The summed E-state index contributed by atoms with van der Waals surface area (Å²) in [4.78, 5) is 14.1. The zero-order valence-corrected chi connectivity index (χ0v) is 12.1. The highest BCUT2D eigenvalue weighted by molar-refractivity contribution is 8.13. The van der Waals surface area contributed by atoms with Gasteiger partial charge in [-0.2, -0.15) is 0 Å². The van der Waals surface area contributed by atoms with E-state index in [-0.39, 0.29) is 5.41 Å². The number of carbonyl (C=O) groups is 1. The third-order valence-corrected chi connectivity index (χ3v) is 4.77. The third-order valence-electron chi connectivity index (χ3n) is 3.32. The molecule has 0 radical (unpaired) electrons. The standard InChI is InChI=1S/C13H25NO2S/c1-4-13(2,3)11-17-12(15)5-6-14-7-9-16-10-8-14/h4-11H2,1-3H3. The molecule has 4 heteroatoms. The first-order valence-electron chi connectivity index (χ1n) is 6.49. The van der Waals surface area contributed by atoms with E-state index in [1.807, 2.05) is 0 Å². The number of carbonyl (C=O) groups excluding carboxylic acids is 1. The van der Waals surface area contributed by atoms with Gasteiger partial charge in [-0.1, -0.05) is 39.0 Å². The molecule has 0 unspecified atom stereocenters. The molecule has 0 saturated carbocycles. The summed E-state index contributed by atoms with van der Waals surface area (Å²) in [5, 5.41) is 0.331. The third kappa shape index (κ3) is 6.43. The normalized spacial score (nSPS) is 18.3. The van der Waals surface area contributed by atoms with Crippen LogP contribution in [0.5, 0.6) is 0 Å². The molecule has 0 aromatic heterocycles. The predicted molar refractivity (Wildman–Crippen MR) is 73.4 cm³/mol. The monoisotopic (exact) mass is 259 g/mol. The average molecular weight is 259 g/mol. The number of thioether (sulfide) groups is 1. The van der Waals surface area contributed by atoms with Crippen molar-refractivity contribution in [1.29, 1.82) is 0 Å². The fourth-order valence-electron chi connectivity index (χ4n) is 1.52. The van der Waals surface area contributed by atoms with Crippen LogP contribution >= 0.6 is 11.8 Å². The molecular weight excluding hydrogens is 234 g/mol. The maximum absolute atomic E-state index is 11.8. The molecule has 3 nitrogen and oxygen atoms in total. The van der Waals surface area contributed by atoms with Crippen molar-refractivity contribution in [2.24, 2.45) is 5.41 Å². The molecule has 0 amide bonds. The lowest BCUT2D eigenvalue weighted by molar-refractivity contribution is -0.111. The molecule has 100 valence electrons.